The molecule has 0 bridgehead atoms. The van der Waals surface area contributed by atoms with Gasteiger partial charge in [-0.25, -0.2) is 4.52 Å². The Morgan fingerprint density at radius 3 is 2.74 bits per heavy atom. The van der Waals surface area contributed by atoms with Crippen LogP contribution in [0.25, 0.3) is 22.8 Å². The number of rotatable bonds is 5. The summed E-state index contributed by atoms with van der Waals surface area (Å²) in [7, 11) is 1.83. The quantitative estimate of drug-likeness (QED) is 0.525. The summed E-state index contributed by atoms with van der Waals surface area (Å²) < 4.78 is 13.0. The Morgan fingerprint density at radius 1 is 1.15 bits per heavy atom. The van der Waals surface area contributed by atoms with E-state index >= 15 is 0 Å². The Morgan fingerprint density at radius 2 is 1.96 bits per heavy atom. The summed E-state index contributed by atoms with van der Waals surface area (Å²) in [5.41, 5.74) is 1.72. The summed E-state index contributed by atoms with van der Waals surface area (Å²) >= 11 is 6.02. The molecule has 0 amide bonds. The van der Waals surface area contributed by atoms with E-state index in [-0.39, 0.29) is 0 Å². The molecule has 0 aliphatic heterocycles. The summed E-state index contributed by atoms with van der Waals surface area (Å²) in [6.07, 6.45) is 2.96. The lowest BCUT2D eigenvalue weighted by Gasteiger charge is -2.08. The van der Waals surface area contributed by atoms with E-state index in [4.69, 9.17) is 20.9 Å². The smallest absolute Gasteiger partial charge is 0.378 e. The molecule has 1 atom stereocenters. The first-order chi connectivity index (χ1) is 13.1. The fraction of sp³-hybridized carbons (Fsp3) is 0.167. The zero-order valence-electron chi connectivity index (χ0n) is 14.6. The van der Waals surface area contributed by atoms with Crippen LogP contribution in [0, 0.1) is 0 Å². The molecule has 8 nitrogen and oxygen atoms in total. The minimum atomic E-state index is -0.446. The van der Waals surface area contributed by atoms with Gasteiger partial charge >= 0.3 is 17.7 Å². The van der Waals surface area contributed by atoms with Crippen LogP contribution in [-0.2, 0) is 7.05 Å². The Balaban J connectivity index is 1.53. The Kier molecular flexibility index (Phi) is 4.55. The lowest BCUT2D eigenvalue weighted by Crippen LogP contribution is -2.16. The van der Waals surface area contributed by atoms with E-state index in [9.17, 15) is 0 Å². The van der Waals surface area contributed by atoms with Gasteiger partial charge in [0.2, 0.25) is 6.10 Å². The number of hydrogen-bond acceptors (Lipinski definition) is 6. The second-order valence-corrected chi connectivity index (χ2v) is 6.33. The average molecular weight is 384 g/mol. The fourth-order valence-corrected chi connectivity index (χ4v) is 2.77. The van der Waals surface area contributed by atoms with Gasteiger partial charge in [-0.1, -0.05) is 22.8 Å². The van der Waals surface area contributed by atoms with Gasteiger partial charge in [0.15, 0.2) is 11.0 Å². The van der Waals surface area contributed by atoms with Gasteiger partial charge in [0.05, 0.1) is 5.56 Å². The molecule has 4 aromatic rings. The number of ether oxygens (including phenoxy) is 1. The zero-order valence-corrected chi connectivity index (χ0v) is 15.4. The van der Waals surface area contributed by atoms with Gasteiger partial charge in [-0.05, 0) is 37.3 Å². The van der Waals surface area contributed by atoms with Crippen molar-refractivity contribution in [2.75, 3.05) is 0 Å². The highest BCUT2D eigenvalue weighted by atomic mass is 35.5. The molecule has 0 aliphatic rings. The number of aromatic amines is 1. The van der Waals surface area contributed by atoms with Crippen molar-refractivity contribution in [2.45, 2.75) is 13.0 Å². The molecule has 4 rings (SSSR count). The van der Waals surface area contributed by atoms with E-state index in [1.807, 2.05) is 38.2 Å². The highest BCUT2D eigenvalue weighted by molar-refractivity contribution is 6.30. The van der Waals surface area contributed by atoms with Crippen molar-refractivity contribution in [1.82, 2.24) is 24.9 Å². The summed E-state index contributed by atoms with van der Waals surface area (Å²) in [4.78, 5) is 7.12. The summed E-state index contributed by atoms with van der Waals surface area (Å²) in [6, 6.07) is 11.4. The van der Waals surface area contributed by atoms with Gasteiger partial charge in [-0.3, -0.25) is 9.55 Å². The van der Waals surface area contributed by atoms with Gasteiger partial charge in [0.25, 0.3) is 0 Å². The number of halogens is 1. The molecule has 0 aliphatic carbocycles. The number of benzene rings is 1. The van der Waals surface area contributed by atoms with E-state index in [1.54, 1.807) is 29.1 Å². The van der Waals surface area contributed by atoms with E-state index in [1.165, 1.54) is 0 Å². The maximum Gasteiger partial charge on any atom is 0.378 e. The highest BCUT2D eigenvalue weighted by Gasteiger charge is 2.25. The molecule has 0 radical (unpaired) electrons. The molecule has 0 unspecified atom stereocenters. The first-order valence-electron chi connectivity index (χ1n) is 8.23. The largest absolute Gasteiger partial charge is 0.448 e. The molecular formula is C18H16ClN6O2+. The first kappa shape index (κ1) is 17.2. The average Bonchev–Trinajstić information content (AvgIpc) is 3.31. The van der Waals surface area contributed by atoms with Gasteiger partial charge in [-0.2, -0.15) is 4.98 Å². The predicted molar refractivity (Wildman–Crippen MR) is 96.8 cm³/mol. The standard InChI is InChI=1S/C18H15ClN6O2/c1-11(17-21-15(24-27-17)13-4-3-5-14(19)10-13)26-18-23-22-16(25(18)2)12-6-8-20-9-7-12/h3-11H,1-2H3/p+1/t11-/m0/s1. The van der Waals surface area contributed by atoms with Crippen molar-refractivity contribution >= 4 is 11.6 Å². The summed E-state index contributed by atoms with van der Waals surface area (Å²) in [6.45, 7) is 1.83. The summed E-state index contributed by atoms with van der Waals surface area (Å²) in [5.74, 6) is 1.71. The number of hydrogen-bond donors (Lipinski definition) is 0. The zero-order chi connectivity index (χ0) is 18.8. The third-order valence-corrected chi connectivity index (χ3v) is 4.23. The van der Waals surface area contributed by atoms with Crippen LogP contribution in [0.5, 0.6) is 6.01 Å². The van der Waals surface area contributed by atoms with Crippen LogP contribution in [0.3, 0.4) is 0 Å². The van der Waals surface area contributed by atoms with E-state index in [0.717, 1.165) is 11.1 Å². The van der Waals surface area contributed by atoms with Crippen molar-refractivity contribution in [3.63, 3.8) is 0 Å². The Labute approximate surface area is 159 Å². The summed E-state index contributed by atoms with van der Waals surface area (Å²) in [5, 5.41) is 13.0. The molecule has 0 saturated carbocycles. The molecule has 0 saturated heterocycles. The topological polar surface area (TPSA) is 93.0 Å². The lowest BCUT2D eigenvalue weighted by atomic mass is 10.2. The van der Waals surface area contributed by atoms with Crippen LogP contribution in [0.4, 0.5) is 0 Å². The van der Waals surface area contributed by atoms with Crippen LogP contribution in [-0.4, -0.2) is 24.9 Å². The minimum Gasteiger partial charge on any atom is -0.448 e. The highest BCUT2D eigenvalue weighted by Crippen LogP contribution is 2.24. The monoisotopic (exact) mass is 383 g/mol. The predicted octanol–water partition coefficient (Wildman–Crippen LogP) is 3.14. The Bertz CT molecular complexity index is 1060. The SMILES string of the molecule is C[C@H](Oc1nnc(-c2ccncc2)n1C)c1[nH+]c(-c2cccc(Cl)c2)no1. The van der Waals surface area contributed by atoms with Crippen LogP contribution in [0.15, 0.2) is 53.3 Å². The second kappa shape index (κ2) is 7.16. The fourth-order valence-electron chi connectivity index (χ4n) is 2.58. The van der Waals surface area contributed by atoms with E-state index < -0.39 is 6.10 Å². The number of nitrogens with zero attached hydrogens (tertiary/aromatic N) is 5. The number of H-pyrrole nitrogens is 1. The molecule has 27 heavy (non-hydrogen) atoms. The van der Waals surface area contributed by atoms with Gasteiger partial charge in [0, 0.05) is 30.0 Å². The number of nitrogens with one attached hydrogen (secondary N) is 1. The molecule has 0 fully saturated rings. The maximum absolute atomic E-state index is 6.02. The molecule has 136 valence electrons. The third-order valence-electron chi connectivity index (χ3n) is 4.00. The van der Waals surface area contributed by atoms with Crippen LogP contribution < -0.4 is 9.72 Å². The first-order valence-corrected chi connectivity index (χ1v) is 8.61. The van der Waals surface area contributed by atoms with E-state index in [0.29, 0.717) is 28.6 Å². The van der Waals surface area contributed by atoms with Crippen molar-refractivity contribution in [3.8, 4) is 28.8 Å². The minimum absolute atomic E-state index is 0.364. The van der Waals surface area contributed by atoms with Crippen molar-refractivity contribution < 1.29 is 14.2 Å². The molecular weight excluding hydrogens is 368 g/mol. The van der Waals surface area contributed by atoms with Crippen LogP contribution >= 0.6 is 11.6 Å². The van der Waals surface area contributed by atoms with Crippen LogP contribution in [0.2, 0.25) is 5.02 Å². The van der Waals surface area contributed by atoms with Gasteiger partial charge < -0.3 is 4.74 Å². The second-order valence-electron chi connectivity index (χ2n) is 5.89. The molecule has 3 heterocycles. The molecule has 1 aromatic carbocycles. The van der Waals surface area contributed by atoms with Crippen molar-refractivity contribution in [1.29, 1.82) is 0 Å². The Hall–Kier alpha value is -3.26. The number of pyridine rings is 1. The number of aromatic nitrogens is 6. The van der Waals surface area contributed by atoms with E-state index in [2.05, 4.69) is 25.3 Å². The molecule has 1 N–H and O–H groups in total. The normalized spacial score (nSPS) is 12.1. The van der Waals surface area contributed by atoms with Gasteiger partial charge in [0.1, 0.15) is 0 Å². The lowest BCUT2D eigenvalue weighted by molar-refractivity contribution is -0.394. The van der Waals surface area contributed by atoms with Crippen molar-refractivity contribution in [2.24, 2.45) is 7.05 Å². The molecule has 0 spiro atoms. The molecule has 9 heteroatoms. The molecule has 3 aromatic heterocycles. The van der Waals surface area contributed by atoms with Gasteiger partial charge in [-0.15, -0.1) is 5.10 Å². The maximum atomic E-state index is 6.02. The van der Waals surface area contributed by atoms with Crippen molar-refractivity contribution in [3.05, 3.63) is 59.7 Å². The van der Waals surface area contributed by atoms with Crippen LogP contribution in [0.1, 0.15) is 18.9 Å². The third kappa shape index (κ3) is 3.52.